The maximum Gasteiger partial charge on any atom is 0.247 e. The van der Waals surface area contributed by atoms with Crippen molar-refractivity contribution in [1.29, 1.82) is 0 Å². The van der Waals surface area contributed by atoms with Crippen molar-refractivity contribution in [1.82, 2.24) is 20.2 Å². The maximum atomic E-state index is 5.59. The highest BCUT2D eigenvalue weighted by Gasteiger charge is 2.20. The van der Waals surface area contributed by atoms with Crippen LogP contribution in [0.15, 0.2) is 30.3 Å². The zero-order valence-corrected chi connectivity index (χ0v) is 11.4. The molecule has 0 unspecified atom stereocenters. The van der Waals surface area contributed by atoms with Crippen molar-refractivity contribution in [2.45, 2.75) is 19.3 Å². The zero-order chi connectivity index (χ0) is 13.6. The van der Waals surface area contributed by atoms with Crippen LogP contribution in [0.1, 0.15) is 19.3 Å². The van der Waals surface area contributed by atoms with Crippen LogP contribution in [-0.2, 0) is 4.74 Å². The first-order chi connectivity index (χ1) is 9.93. The van der Waals surface area contributed by atoms with Gasteiger partial charge in [0.2, 0.25) is 5.95 Å². The first kappa shape index (κ1) is 13.1. The zero-order valence-electron chi connectivity index (χ0n) is 11.4. The quantitative estimate of drug-likeness (QED) is 0.744. The number of aromatic nitrogens is 4. The fourth-order valence-electron chi connectivity index (χ4n) is 1.95. The predicted molar refractivity (Wildman–Crippen MR) is 75.8 cm³/mol. The summed E-state index contributed by atoms with van der Waals surface area (Å²) in [5.41, 5.74) is 0.949. The minimum absolute atomic E-state index is 0.665. The minimum atomic E-state index is 0.665. The Balaban J connectivity index is 1.44. The Morgan fingerprint density at radius 1 is 1.25 bits per heavy atom. The number of anilines is 1. The summed E-state index contributed by atoms with van der Waals surface area (Å²) < 4.78 is 7.29. The number of rotatable bonds is 8. The van der Waals surface area contributed by atoms with Crippen LogP contribution >= 0.6 is 0 Å². The molecule has 3 rings (SSSR count). The van der Waals surface area contributed by atoms with Crippen LogP contribution in [0.4, 0.5) is 5.95 Å². The Labute approximate surface area is 118 Å². The Morgan fingerprint density at radius 2 is 2.10 bits per heavy atom. The number of hydrogen-bond donors (Lipinski definition) is 1. The summed E-state index contributed by atoms with van der Waals surface area (Å²) in [5, 5.41) is 14.9. The van der Waals surface area contributed by atoms with Gasteiger partial charge in [0.25, 0.3) is 0 Å². The van der Waals surface area contributed by atoms with E-state index in [9.17, 15) is 0 Å². The minimum Gasteiger partial charge on any atom is -0.381 e. The third kappa shape index (κ3) is 3.54. The number of tetrazole rings is 1. The van der Waals surface area contributed by atoms with Crippen molar-refractivity contribution in [3.63, 3.8) is 0 Å². The number of benzene rings is 1. The molecule has 1 heterocycles. The smallest absolute Gasteiger partial charge is 0.247 e. The van der Waals surface area contributed by atoms with Gasteiger partial charge in [-0.05, 0) is 47.7 Å². The molecule has 0 aliphatic heterocycles. The molecule has 1 aromatic carbocycles. The lowest BCUT2D eigenvalue weighted by Gasteiger charge is -2.07. The van der Waals surface area contributed by atoms with Crippen molar-refractivity contribution in [2.24, 2.45) is 5.92 Å². The first-order valence-electron chi connectivity index (χ1n) is 7.09. The van der Waals surface area contributed by atoms with Gasteiger partial charge in [-0.15, -0.1) is 0 Å². The van der Waals surface area contributed by atoms with Gasteiger partial charge in [-0.2, -0.15) is 4.68 Å². The highest BCUT2D eigenvalue weighted by atomic mass is 16.5. The SMILES string of the molecule is c1ccc(-n2nnnc2NCCCOCC2CC2)cc1. The molecule has 20 heavy (non-hydrogen) atoms. The van der Waals surface area contributed by atoms with Crippen molar-refractivity contribution < 1.29 is 4.74 Å². The molecular formula is C14H19N5O. The van der Waals surface area contributed by atoms with Gasteiger partial charge in [0, 0.05) is 19.8 Å². The standard InChI is InChI=1S/C14H19N5O/c1-2-5-13(6-3-1)19-14(16-17-18-19)15-9-4-10-20-11-12-7-8-12/h1-3,5-6,12H,4,7-11H2,(H,15,16,18). The highest BCUT2D eigenvalue weighted by Crippen LogP contribution is 2.28. The molecule has 1 N–H and O–H groups in total. The lowest BCUT2D eigenvalue weighted by atomic mass is 10.3. The molecule has 0 bridgehead atoms. The largest absolute Gasteiger partial charge is 0.381 e. The van der Waals surface area contributed by atoms with Gasteiger partial charge in [-0.1, -0.05) is 23.3 Å². The van der Waals surface area contributed by atoms with Crippen LogP contribution in [-0.4, -0.2) is 40.0 Å². The van der Waals surface area contributed by atoms with Crippen molar-refractivity contribution in [2.75, 3.05) is 25.1 Å². The summed E-state index contributed by atoms with van der Waals surface area (Å²) in [5.74, 6) is 1.49. The van der Waals surface area contributed by atoms with Crippen LogP contribution in [0, 0.1) is 5.92 Å². The molecule has 1 aromatic heterocycles. The number of ether oxygens (including phenoxy) is 1. The lowest BCUT2D eigenvalue weighted by Crippen LogP contribution is -2.11. The number of nitrogens with one attached hydrogen (secondary N) is 1. The van der Waals surface area contributed by atoms with Gasteiger partial charge >= 0.3 is 0 Å². The van der Waals surface area contributed by atoms with Crippen LogP contribution in [0.25, 0.3) is 5.69 Å². The van der Waals surface area contributed by atoms with E-state index < -0.39 is 0 Å². The van der Waals surface area contributed by atoms with Gasteiger partial charge in [-0.25, -0.2) is 0 Å². The van der Waals surface area contributed by atoms with Crippen LogP contribution in [0.2, 0.25) is 0 Å². The lowest BCUT2D eigenvalue weighted by molar-refractivity contribution is 0.124. The number of nitrogens with zero attached hydrogens (tertiary/aromatic N) is 4. The summed E-state index contributed by atoms with van der Waals surface area (Å²) in [6.45, 7) is 2.51. The van der Waals surface area contributed by atoms with Crippen molar-refractivity contribution in [3.8, 4) is 5.69 Å². The summed E-state index contributed by atoms with van der Waals surface area (Å²) in [6.07, 6.45) is 3.63. The van der Waals surface area contributed by atoms with Crippen LogP contribution in [0.5, 0.6) is 0 Å². The molecule has 106 valence electrons. The van der Waals surface area contributed by atoms with E-state index in [1.807, 2.05) is 30.3 Å². The van der Waals surface area contributed by atoms with Crippen LogP contribution < -0.4 is 5.32 Å². The monoisotopic (exact) mass is 273 g/mol. The highest BCUT2D eigenvalue weighted by molar-refractivity contribution is 5.38. The van der Waals surface area contributed by atoms with E-state index in [2.05, 4.69) is 20.8 Å². The molecule has 0 spiro atoms. The van der Waals surface area contributed by atoms with Crippen LogP contribution in [0.3, 0.4) is 0 Å². The Kier molecular flexibility index (Phi) is 4.22. The summed E-state index contributed by atoms with van der Waals surface area (Å²) >= 11 is 0. The molecule has 1 aliphatic rings. The molecule has 1 aliphatic carbocycles. The average Bonchev–Trinajstić information content (AvgIpc) is 3.20. The molecule has 0 radical (unpaired) electrons. The molecule has 1 saturated carbocycles. The molecule has 6 nitrogen and oxygen atoms in total. The topological polar surface area (TPSA) is 64.9 Å². The molecule has 0 atom stereocenters. The van der Waals surface area contributed by atoms with Gasteiger partial charge in [0.05, 0.1) is 5.69 Å². The first-order valence-corrected chi connectivity index (χ1v) is 7.09. The molecule has 6 heteroatoms. The second kappa shape index (κ2) is 6.47. The normalized spacial score (nSPS) is 14.4. The summed E-state index contributed by atoms with van der Waals surface area (Å²) in [6, 6.07) is 9.85. The predicted octanol–water partition coefficient (Wildman–Crippen LogP) is 1.89. The Hall–Kier alpha value is -1.95. The molecule has 2 aromatic rings. The van der Waals surface area contributed by atoms with E-state index in [-0.39, 0.29) is 0 Å². The molecule has 1 fully saturated rings. The second-order valence-electron chi connectivity index (χ2n) is 5.05. The number of para-hydroxylation sites is 1. The van der Waals surface area contributed by atoms with Crippen molar-refractivity contribution in [3.05, 3.63) is 30.3 Å². The van der Waals surface area contributed by atoms with Gasteiger partial charge in [0.15, 0.2) is 0 Å². The molecule has 0 amide bonds. The molecular weight excluding hydrogens is 254 g/mol. The van der Waals surface area contributed by atoms with Crippen molar-refractivity contribution >= 4 is 5.95 Å². The van der Waals surface area contributed by atoms with E-state index in [0.29, 0.717) is 5.95 Å². The summed E-state index contributed by atoms with van der Waals surface area (Å²) in [7, 11) is 0. The average molecular weight is 273 g/mol. The molecule has 0 saturated heterocycles. The van der Waals surface area contributed by atoms with E-state index in [1.54, 1.807) is 4.68 Å². The fourth-order valence-corrected chi connectivity index (χ4v) is 1.95. The van der Waals surface area contributed by atoms with Gasteiger partial charge < -0.3 is 10.1 Å². The second-order valence-corrected chi connectivity index (χ2v) is 5.05. The van der Waals surface area contributed by atoms with E-state index in [1.165, 1.54) is 12.8 Å². The Bertz CT molecular complexity index is 523. The third-order valence-corrected chi connectivity index (χ3v) is 3.27. The van der Waals surface area contributed by atoms with Gasteiger partial charge in [-0.3, -0.25) is 0 Å². The number of hydrogen-bond acceptors (Lipinski definition) is 5. The third-order valence-electron chi connectivity index (χ3n) is 3.27. The Morgan fingerprint density at radius 3 is 2.90 bits per heavy atom. The van der Waals surface area contributed by atoms with E-state index in [4.69, 9.17) is 4.74 Å². The van der Waals surface area contributed by atoms with Gasteiger partial charge in [0.1, 0.15) is 0 Å². The van der Waals surface area contributed by atoms with E-state index >= 15 is 0 Å². The fraction of sp³-hybridized carbons (Fsp3) is 0.500. The maximum absolute atomic E-state index is 5.59. The van der Waals surface area contributed by atoms with E-state index in [0.717, 1.165) is 37.8 Å². The summed E-state index contributed by atoms with van der Waals surface area (Å²) in [4.78, 5) is 0.